The Morgan fingerprint density at radius 2 is 1.44 bits per heavy atom. The average Bonchev–Trinajstić information content (AvgIpc) is 2.89. The van der Waals surface area contributed by atoms with E-state index in [1.54, 1.807) is 0 Å². The van der Waals surface area contributed by atoms with Gasteiger partial charge < -0.3 is 9.64 Å². The average molecular weight is 471 g/mol. The maximum atomic E-state index is 12.8. The van der Waals surface area contributed by atoms with Crippen LogP contribution < -0.4 is 0 Å². The molecule has 3 aliphatic rings. The molecule has 0 aromatic heterocycles. The summed E-state index contributed by atoms with van der Waals surface area (Å²) in [6, 6.07) is 10.9. The third kappa shape index (κ3) is 7.27. The second kappa shape index (κ2) is 12.7. The molecule has 3 aliphatic heterocycles. The van der Waals surface area contributed by atoms with Crippen LogP contribution in [0.4, 0.5) is 0 Å². The molecule has 0 radical (unpaired) electrons. The van der Waals surface area contributed by atoms with Gasteiger partial charge in [0.25, 0.3) is 0 Å². The van der Waals surface area contributed by atoms with Gasteiger partial charge in [-0.3, -0.25) is 14.5 Å². The standard InChI is InChI=1S/C27H42N4O3/c1-34-27(33)8-7-23-9-13-29(14-10-23)26(32)22-28-17-19-31(20-18-28)30-15-11-25(12-16-30)21-24-5-3-2-4-6-24/h2-6,23,25H,7-22H2,1H3. The van der Waals surface area contributed by atoms with E-state index in [1.165, 1.54) is 31.9 Å². The van der Waals surface area contributed by atoms with E-state index in [1.807, 2.05) is 4.90 Å². The number of amides is 1. The smallest absolute Gasteiger partial charge is 0.305 e. The molecule has 3 fully saturated rings. The van der Waals surface area contributed by atoms with Crippen molar-refractivity contribution in [3.05, 3.63) is 35.9 Å². The number of ether oxygens (including phenoxy) is 1. The summed E-state index contributed by atoms with van der Waals surface area (Å²) in [5.41, 5.74) is 1.46. The van der Waals surface area contributed by atoms with Gasteiger partial charge in [0, 0.05) is 58.8 Å². The Bertz CT molecular complexity index is 765. The number of rotatable bonds is 8. The molecule has 34 heavy (non-hydrogen) atoms. The first-order valence-corrected chi connectivity index (χ1v) is 13.2. The number of likely N-dealkylation sites (tertiary alicyclic amines) is 1. The van der Waals surface area contributed by atoms with Crippen molar-refractivity contribution in [2.75, 3.05) is 66.0 Å². The van der Waals surface area contributed by atoms with E-state index in [4.69, 9.17) is 4.74 Å². The number of benzene rings is 1. The topological polar surface area (TPSA) is 56.3 Å². The minimum Gasteiger partial charge on any atom is -0.469 e. The molecule has 0 unspecified atom stereocenters. The van der Waals surface area contributed by atoms with Crippen LogP contribution in [0.25, 0.3) is 0 Å². The molecule has 3 heterocycles. The Labute approximate surface area is 205 Å². The lowest BCUT2D eigenvalue weighted by Crippen LogP contribution is -2.57. The lowest BCUT2D eigenvalue weighted by molar-refractivity contribution is -0.141. The molecule has 0 bridgehead atoms. The summed E-state index contributed by atoms with van der Waals surface area (Å²) in [4.78, 5) is 28.5. The molecular formula is C27H42N4O3. The molecule has 7 nitrogen and oxygen atoms in total. The monoisotopic (exact) mass is 470 g/mol. The highest BCUT2D eigenvalue weighted by Gasteiger charge is 2.29. The molecule has 188 valence electrons. The number of piperazine rings is 1. The molecule has 0 aliphatic carbocycles. The van der Waals surface area contributed by atoms with Crippen LogP contribution in [0.2, 0.25) is 0 Å². The fourth-order valence-electron chi connectivity index (χ4n) is 5.72. The van der Waals surface area contributed by atoms with Crippen LogP contribution in [0.3, 0.4) is 0 Å². The normalized spacial score (nSPS) is 22.1. The van der Waals surface area contributed by atoms with Crippen LogP contribution in [0.15, 0.2) is 30.3 Å². The van der Waals surface area contributed by atoms with Crippen LogP contribution in [0.5, 0.6) is 0 Å². The molecule has 0 spiro atoms. The van der Waals surface area contributed by atoms with E-state index in [0.29, 0.717) is 18.9 Å². The predicted molar refractivity (Wildman–Crippen MR) is 133 cm³/mol. The Hall–Kier alpha value is -1.96. The Morgan fingerprint density at radius 1 is 0.824 bits per heavy atom. The van der Waals surface area contributed by atoms with Gasteiger partial charge in [0.1, 0.15) is 0 Å². The highest BCUT2D eigenvalue weighted by Crippen LogP contribution is 2.24. The zero-order valence-electron chi connectivity index (χ0n) is 20.9. The molecule has 0 N–H and O–H groups in total. The summed E-state index contributed by atoms with van der Waals surface area (Å²) in [5.74, 6) is 1.46. The summed E-state index contributed by atoms with van der Waals surface area (Å²) in [7, 11) is 1.44. The summed E-state index contributed by atoms with van der Waals surface area (Å²) in [6.07, 6.45) is 7.09. The second-order valence-electron chi connectivity index (χ2n) is 10.3. The lowest BCUT2D eigenvalue weighted by Gasteiger charge is -2.44. The van der Waals surface area contributed by atoms with E-state index in [9.17, 15) is 9.59 Å². The fraction of sp³-hybridized carbons (Fsp3) is 0.704. The van der Waals surface area contributed by atoms with Crippen molar-refractivity contribution in [3.63, 3.8) is 0 Å². The summed E-state index contributed by atoms with van der Waals surface area (Å²) < 4.78 is 4.74. The third-order valence-electron chi connectivity index (χ3n) is 8.02. The Kier molecular flexibility index (Phi) is 9.36. The van der Waals surface area contributed by atoms with Gasteiger partial charge in [-0.25, -0.2) is 10.0 Å². The first-order valence-electron chi connectivity index (χ1n) is 13.2. The van der Waals surface area contributed by atoms with E-state index in [0.717, 1.165) is 77.5 Å². The van der Waals surface area contributed by atoms with Gasteiger partial charge in [0.15, 0.2) is 0 Å². The number of hydrogen-bond acceptors (Lipinski definition) is 6. The van der Waals surface area contributed by atoms with E-state index in [2.05, 4.69) is 45.2 Å². The van der Waals surface area contributed by atoms with Gasteiger partial charge in [0.05, 0.1) is 13.7 Å². The highest BCUT2D eigenvalue weighted by molar-refractivity contribution is 5.78. The molecule has 0 atom stereocenters. The minimum atomic E-state index is -0.130. The van der Waals surface area contributed by atoms with E-state index >= 15 is 0 Å². The molecule has 1 aromatic rings. The number of hydrogen-bond donors (Lipinski definition) is 0. The van der Waals surface area contributed by atoms with Crippen molar-refractivity contribution in [2.45, 2.75) is 44.9 Å². The number of hydrazine groups is 1. The van der Waals surface area contributed by atoms with Crippen LogP contribution in [-0.4, -0.2) is 97.7 Å². The number of carbonyl (C=O) groups excluding carboxylic acids is 2. The van der Waals surface area contributed by atoms with Gasteiger partial charge in [0.2, 0.25) is 5.91 Å². The van der Waals surface area contributed by atoms with Gasteiger partial charge in [-0.1, -0.05) is 30.3 Å². The van der Waals surface area contributed by atoms with Crippen molar-refractivity contribution >= 4 is 11.9 Å². The molecular weight excluding hydrogens is 428 g/mol. The molecule has 1 aromatic carbocycles. The Balaban J connectivity index is 1.11. The fourth-order valence-corrected chi connectivity index (χ4v) is 5.72. The van der Waals surface area contributed by atoms with Crippen molar-refractivity contribution in [1.29, 1.82) is 0 Å². The summed E-state index contributed by atoms with van der Waals surface area (Å²) >= 11 is 0. The Morgan fingerprint density at radius 3 is 2.09 bits per heavy atom. The zero-order chi connectivity index (χ0) is 23.8. The number of nitrogens with zero attached hydrogens (tertiary/aromatic N) is 4. The molecule has 0 saturated carbocycles. The first-order chi connectivity index (χ1) is 16.6. The van der Waals surface area contributed by atoms with E-state index < -0.39 is 0 Å². The molecule has 7 heteroatoms. The lowest BCUT2D eigenvalue weighted by atomic mass is 9.91. The van der Waals surface area contributed by atoms with Crippen LogP contribution >= 0.6 is 0 Å². The van der Waals surface area contributed by atoms with Crippen molar-refractivity contribution < 1.29 is 14.3 Å². The number of piperidine rings is 2. The zero-order valence-corrected chi connectivity index (χ0v) is 20.9. The third-order valence-corrected chi connectivity index (χ3v) is 8.02. The highest BCUT2D eigenvalue weighted by atomic mass is 16.5. The first kappa shape index (κ1) is 25.1. The minimum absolute atomic E-state index is 0.130. The maximum Gasteiger partial charge on any atom is 0.305 e. The quantitative estimate of drug-likeness (QED) is 0.545. The van der Waals surface area contributed by atoms with Gasteiger partial charge in [-0.05, 0) is 55.9 Å². The van der Waals surface area contributed by atoms with Gasteiger partial charge >= 0.3 is 5.97 Å². The van der Waals surface area contributed by atoms with Crippen LogP contribution in [0.1, 0.15) is 44.1 Å². The maximum absolute atomic E-state index is 12.8. The van der Waals surface area contributed by atoms with Crippen LogP contribution in [-0.2, 0) is 20.7 Å². The molecule has 4 rings (SSSR count). The number of methoxy groups -OCH3 is 1. The second-order valence-corrected chi connectivity index (χ2v) is 10.3. The van der Waals surface area contributed by atoms with Crippen molar-refractivity contribution in [2.24, 2.45) is 11.8 Å². The molecule has 1 amide bonds. The predicted octanol–water partition coefficient (Wildman–Crippen LogP) is 2.67. The largest absolute Gasteiger partial charge is 0.469 e. The SMILES string of the molecule is COC(=O)CCC1CCN(C(=O)CN2CCN(N3CCC(Cc4ccccc4)CC3)CC2)CC1. The number of carbonyl (C=O) groups is 2. The van der Waals surface area contributed by atoms with E-state index in [-0.39, 0.29) is 11.9 Å². The number of esters is 1. The van der Waals surface area contributed by atoms with Gasteiger partial charge in [-0.15, -0.1) is 0 Å². The molecule has 3 saturated heterocycles. The summed E-state index contributed by atoms with van der Waals surface area (Å²) in [5, 5.41) is 5.08. The summed E-state index contributed by atoms with van der Waals surface area (Å²) in [6.45, 7) is 8.46. The van der Waals surface area contributed by atoms with Crippen molar-refractivity contribution in [1.82, 2.24) is 19.8 Å². The van der Waals surface area contributed by atoms with Crippen molar-refractivity contribution in [3.8, 4) is 0 Å². The van der Waals surface area contributed by atoms with Gasteiger partial charge in [-0.2, -0.15) is 0 Å². The van der Waals surface area contributed by atoms with Crippen LogP contribution in [0, 0.1) is 11.8 Å².